The average molecular weight is 247 g/mol. The van der Waals surface area contributed by atoms with E-state index in [2.05, 4.69) is 12.2 Å². The van der Waals surface area contributed by atoms with E-state index in [9.17, 15) is 4.79 Å². The standard InChI is InChI=1S/C15H21NO2/c1-10-4-6-12(8-10)16-14-7-5-11(2)9-13(14)15(17)18-3/h5,7,9-10,12,16H,4,6,8H2,1-3H3. The van der Waals surface area contributed by atoms with Crippen LogP contribution in [0.1, 0.15) is 42.1 Å². The summed E-state index contributed by atoms with van der Waals surface area (Å²) in [5.41, 5.74) is 2.60. The molecule has 3 heteroatoms. The zero-order valence-electron chi connectivity index (χ0n) is 11.3. The zero-order chi connectivity index (χ0) is 13.1. The lowest BCUT2D eigenvalue weighted by Gasteiger charge is -2.17. The van der Waals surface area contributed by atoms with E-state index in [0.29, 0.717) is 11.6 Å². The molecule has 2 atom stereocenters. The van der Waals surface area contributed by atoms with Crippen LogP contribution < -0.4 is 5.32 Å². The molecule has 0 aliphatic heterocycles. The van der Waals surface area contributed by atoms with Gasteiger partial charge in [0.1, 0.15) is 0 Å². The first-order chi connectivity index (χ1) is 8.60. The maximum atomic E-state index is 11.8. The summed E-state index contributed by atoms with van der Waals surface area (Å²) in [7, 11) is 1.42. The molecule has 1 saturated carbocycles. The molecule has 0 saturated heterocycles. The molecule has 0 bridgehead atoms. The highest BCUT2D eigenvalue weighted by molar-refractivity contribution is 5.95. The molecule has 1 fully saturated rings. The van der Waals surface area contributed by atoms with Crippen LogP contribution in [-0.4, -0.2) is 19.1 Å². The highest BCUT2D eigenvalue weighted by Crippen LogP contribution is 2.29. The summed E-state index contributed by atoms with van der Waals surface area (Å²) < 4.78 is 4.84. The Morgan fingerprint density at radius 3 is 2.78 bits per heavy atom. The van der Waals surface area contributed by atoms with Gasteiger partial charge in [0, 0.05) is 11.7 Å². The van der Waals surface area contributed by atoms with Crippen molar-refractivity contribution in [3.63, 3.8) is 0 Å². The van der Waals surface area contributed by atoms with Gasteiger partial charge in [0.05, 0.1) is 12.7 Å². The third-order valence-corrected chi connectivity index (χ3v) is 3.63. The summed E-state index contributed by atoms with van der Waals surface area (Å²) in [4.78, 5) is 11.8. The summed E-state index contributed by atoms with van der Waals surface area (Å²) >= 11 is 0. The van der Waals surface area contributed by atoms with Gasteiger partial charge in [0.15, 0.2) is 0 Å². The summed E-state index contributed by atoms with van der Waals surface area (Å²) in [6.07, 6.45) is 3.61. The maximum Gasteiger partial charge on any atom is 0.339 e. The van der Waals surface area contributed by atoms with Crippen molar-refractivity contribution in [3.05, 3.63) is 29.3 Å². The van der Waals surface area contributed by atoms with Crippen LogP contribution in [0.25, 0.3) is 0 Å². The minimum absolute atomic E-state index is 0.271. The number of carbonyl (C=O) groups is 1. The molecule has 0 radical (unpaired) electrons. The highest BCUT2D eigenvalue weighted by atomic mass is 16.5. The molecule has 1 aliphatic carbocycles. The molecule has 2 rings (SSSR count). The van der Waals surface area contributed by atoms with E-state index in [1.165, 1.54) is 26.4 Å². The number of esters is 1. The summed E-state index contributed by atoms with van der Waals surface area (Å²) in [5.74, 6) is 0.502. The first-order valence-corrected chi connectivity index (χ1v) is 6.55. The Kier molecular flexibility index (Phi) is 3.90. The number of nitrogens with one attached hydrogen (secondary N) is 1. The Morgan fingerprint density at radius 1 is 1.39 bits per heavy atom. The number of benzene rings is 1. The van der Waals surface area contributed by atoms with Crippen molar-refractivity contribution in [1.29, 1.82) is 0 Å². The van der Waals surface area contributed by atoms with Crippen LogP contribution in [0.5, 0.6) is 0 Å². The second kappa shape index (κ2) is 5.42. The topological polar surface area (TPSA) is 38.3 Å². The van der Waals surface area contributed by atoms with Gasteiger partial charge < -0.3 is 10.1 Å². The number of ether oxygens (including phenoxy) is 1. The lowest BCUT2D eigenvalue weighted by molar-refractivity contribution is 0.0601. The van der Waals surface area contributed by atoms with E-state index in [0.717, 1.165) is 17.2 Å². The van der Waals surface area contributed by atoms with Crippen molar-refractivity contribution in [2.24, 2.45) is 5.92 Å². The molecular weight excluding hydrogens is 226 g/mol. The van der Waals surface area contributed by atoms with Gasteiger partial charge in [-0.1, -0.05) is 18.6 Å². The molecule has 0 heterocycles. The van der Waals surface area contributed by atoms with Crippen molar-refractivity contribution in [3.8, 4) is 0 Å². The molecule has 0 spiro atoms. The van der Waals surface area contributed by atoms with Crippen molar-refractivity contribution in [2.75, 3.05) is 12.4 Å². The minimum Gasteiger partial charge on any atom is -0.465 e. The fourth-order valence-corrected chi connectivity index (χ4v) is 2.62. The number of anilines is 1. The summed E-state index contributed by atoms with van der Waals surface area (Å²) in [5, 5.41) is 3.48. The molecule has 0 aromatic heterocycles. The first-order valence-electron chi connectivity index (χ1n) is 6.55. The van der Waals surface area contributed by atoms with Gasteiger partial charge in [-0.25, -0.2) is 4.79 Å². The summed E-state index contributed by atoms with van der Waals surface area (Å²) in [6.45, 7) is 4.26. The summed E-state index contributed by atoms with van der Waals surface area (Å²) in [6, 6.07) is 6.36. The monoisotopic (exact) mass is 247 g/mol. The molecule has 0 amide bonds. The second-order valence-corrected chi connectivity index (χ2v) is 5.30. The number of carbonyl (C=O) groups excluding carboxylic acids is 1. The van der Waals surface area contributed by atoms with Crippen LogP contribution in [-0.2, 0) is 4.74 Å². The highest BCUT2D eigenvalue weighted by Gasteiger charge is 2.22. The van der Waals surface area contributed by atoms with E-state index >= 15 is 0 Å². The Balaban J connectivity index is 2.18. The molecule has 3 nitrogen and oxygen atoms in total. The van der Waals surface area contributed by atoms with Gasteiger partial charge in [-0.2, -0.15) is 0 Å². The molecule has 18 heavy (non-hydrogen) atoms. The number of rotatable bonds is 3. The molecule has 1 aliphatic rings. The quantitative estimate of drug-likeness (QED) is 0.832. The van der Waals surface area contributed by atoms with E-state index in [1.54, 1.807) is 0 Å². The molecule has 1 aromatic rings. The molecule has 2 unspecified atom stereocenters. The smallest absolute Gasteiger partial charge is 0.339 e. The Hall–Kier alpha value is -1.51. The van der Waals surface area contributed by atoms with Crippen LogP contribution in [0.4, 0.5) is 5.69 Å². The third kappa shape index (κ3) is 2.84. The normalized spacial score (nSPS) is 22.8. The number of hydrogen-bond donors (Lipinski definition) is 1. The van der Waals surface area contributed by atoms with Gasteiger partial charge in [0.2, 0.25) is 0 Å². The Labute approximate surface area is 109 Å². The van der Waals surface area contributed by atoms with Gasteiger partial charge in [-0.05, 0) is 44.2 Å². The van der Waals surface area contributed by atoms with Crippen LogP contribution in [0, 0.1) is 12.8 Å². The van der Waals surface area contributed by atoms with Gasteiger partial charge in [0.25, 0.3) is 0 Å². The number of methoxy groups -OCH3 is 1. The molecule has 1 N–H and O–H groups in total. The fraction of sp³-hybridized carbons (Fsp3) is 0.533. The predicted molar refractivity (Wildman–Crippen MR) is 72.9 cm³/mol. The largest absolute Gasteiger partial charge is 0.465 e. The Bertz CT molecular complexity index is 442. The lowest BCUT2D eigenvalue weighted by atomic mass is 10.1. The van der Waals surface area contributed by atoms with Crippen molar-refractivity contribution >= 4 is 11.7 Å². The van der Waals surface area contributed by atoms with Crippen molar-refractivity contribution in [1.82, 2.24) is 0 Å². The Morgan fingerprint density at radius 2 is 2.17 bits per heavy atom. The maximum absolute atomic E-state index is 11.8. The molecule has 1 aromatic carbocycles. The SMILES string of the molecule is COC(=O)c1cc(C)ccc1NC1CCC(C)C1. The van der Waals surface area contributed by atoms with Crippen molar-refractivity contribution < 1.29 is 9.53 Å². The second-order valence-electron chi connectivity index (χ2n) is 5.30. The van der Waals surface area contributed by atoms with E-state index in [1.807, 2.05) is 25.1 Å². The van der Waals surface area contributed by atoms with Crippen molar-refractivity contribution in [2.45, 2.75) is 39.2 Å². The number of hydrogen-bond acceptors (Lipinski definition) is 3. The van der Waals surface area contributed by atoms with E-state index in [4.69, 9.17) is 4.74 Å². The first kappa shape index (κ1) is 12.9. The van der Waals surface area contributed by atoms with Gasteiger partial charge >= 0.3 is 5.97 Å². The molecule has 98 valence electrons. The fourth-order valence-electron chi connectivity index (χ4n) is 2.62. The van der Waals surface area contributed by atoms with Gasteiger partial charge in [-0.15, -0.1) is 0 Å². The zero-order valence-corrected chi connectivity index (χ0v) is 11.3. The van der Waals surface area contributed by atoms with E-state index < -0.39 is 0 Å². The van der Waals surface area contributed by atoms with Crippen LogP contribution in [0.15, 0.2) is 18.2 Å². The molecular formula is C15H21NO2. The predicted octanol–water partition coefficient (Wildman–Crippen LogP) is 3.38. The lowest BCUT2D eigenvalue weighted by Crippen LogP contribution is -2.18. The van der Waals surface area contributed by atoms with E-state index in [-0.39, 0.29) is 5.97 Å². The van der Waals surface area contributed by atoms with Crippen LogP contribution >= 0.6 is 0 Å². The minimum atomic E-state index is -0.271. The third-order valence-electron chi connectivity index (χ3n) is 3.63. The van der Waals surface area contributed by atoms with Crippen LogP contribution in [0.3, 0.4) is 0 Å². The van der Waals surface area contributed by atoms with Crippen LogP contribution in [0.2, 0.25) is 0 Å². The number of aryl methyl sites for hydroxylation is 1. The van der Waals surface area contributed by atoms with Gasteiger partial charge in [-0.3, -0.25) is 0 Å². The average Bonchev–Trinajstić information content (AvgIpc) is 2.76.